The smallest absolute Gasteiger partial charge is 0.410 e. The third-order valence-electron chi connectivity index (χ3n) is 5.57. The zero-order valence-corrected chi connectivity index (χ0v) is 19.5. The molecule has 0 spiro atoms. The molecule has 1 aliphatic rings. The number of piperazine rings is 1. The van der Waals surface area contributed by atoms with E-state index in [-0.39, 0.29) is 30.6 Å². The van der Waals surface area contributed by atoms with E-state index < -0.39 is 23.4 Å². The summed E-state index contributed by atoms with van der Waals surface area (Å²) in [5, 5.41) is 4.74. The van der Waals surface area contributed by atoms with Crippen molar-refractivity contribution in [2.24, 2.45) is 0 Å². The molecule has 4 rings (SSSR count). The van der Waals surface area contributed by atoms with Crippen molar-refractivity contribution in [2.45, 2.75) is 32.9 Å². The van der Waals surface area contributed by atoms with Crippen LogP contribution in [0.2, 0.25) is 0 Å². The summed E-state index contributed by atoms with van der Waals surface area (Å²) in [5.74, 6) is -1.04. The Morgan fingerprint density at radius 1 is 1.03 bits per heavy atom. The molecule has 0 saturated carbocycles. The van der Waals surface area contributed by atoms with Gasteiger partial charge < -0.3 is 14.5 Å². The number of carbonyl (C=O) groups is 2. The minimum Gasteiger partial charge on any atom is -0.444 e. The largest absolute Gasteiger partial charge is 0.444 e. The van der Waals surface area contributed by atoms with Gasteiger partial charge in [-0.1, -0.05) is 18.2 Å². The summed E-state index contributed by atoms with van der Waals surface area (Å²) in [4.78, 5) is 40.5. The van der Waals surface area contributed by atoms with E-state index in [1.54, 1.807) is 54.6 Å². The minimum absolute atomic E-state index is 0.0337. The number of amides is 2. The van der Waals surface area contributed by atoms with Gasteiger partial charge in [-0.15, -0.1) is 0 Å². The van der Waals surface area contributed by atoms with Crippen molar-refractivity contribution in [3.05, 3.63) is 75.8 Å². The van der Waals surface area contributed by atoms with Crippen molar-refractivity contribution in [3.8, 4) is 0 Å². The molecule has 0 N–H and O–H groups in total. The van der Waals surface area contributed by atoms with E-state index in [1.165, 1.54) is 23.2 Å². The third-order valence-corrected chi connectivity index (χ3v) is 5.57. The number of ether oxygens (including phenoxy) is 1. The van der Waals surface area contributed by atoms with Crippen molar-refractivity contribution in [3.63, 3.8) is 0 Å². The highest BCUT2D eigenvalue weighted by Crippen LogP contribution is 2.18. The van der Waals surface area contributed by atoms with Crippen LogP contribution in [0.15, 0.2) is 53.5 Å². The first-order chi connectivity index (χ1) is 16.1. The fourth-order valence-corrected chi connectivity index (χ4v) is 3.88. The van der Waals surface area contributed by atoms with Gasteiger partial charge in [-0.25, -0.2) is 9.18 Å². The van der Waals surface area contributed by atoms with E-state index in [1.807, 2.05) is 6.07 Å². The number of hydrogen-bond acceptors (Lipinski definition) is 5. The molecule has 8 nitrogen and oxygen atoms in total. The molecule has 0 bridgehead atoms. The van der Waals surface area contributed by atoms with Crippen LogP contribution in [0, 0.1) is 5.82 Å². The van der Waals surface area contributed by atoms with Crippen LogP contribution in [-0.4, -0.2) is 63.4 Å². The maximum absolute atomic E-state index is 14.6. The molecule has 0 unspecified atom stereocenters. The molecular weight excluding hydrogens is 439 g/mol. The molecule has 34 heavy (non-hydrogen) atoms. The van der Waals surface area contributed by atoms with Crippen LogP contribution >= 0.6 is 0 Å². The number of fused-ring (bicyclic) bond motifs is 1. The van der Waals surface area contributed by atoms with Crippen molar-refractivity contribution in [1.29, 1.82) is 0 Å². The maximum Gasteiger partial charge on any atom is 0.410 e. The van der Waals surface area contributed by atoms with Crippen LogP contribution in [-0.2, 0) is 11.3 Å². The molecule has 1 saturated heterocycles. The number of hydrogen-bond donors (Lipinski definition) is 0. The molecule has 2 amide bonds. The van der Waals surface area contributed by atoms with E-state index in [2.05, 4.69) is 5.10 Å². The molecule has 2 heterocycles. The van der Waals surface area contributed by atoms with Gasteiger partial charge in [-0.05, 0) is 50.6 Å². The molecule has 2 aromatic carbocycles. The maximum atomic E-state index is 14.6. The Hall–Kier alpha value is -3.75. The molecule has 0 aliphatic carbocycles. The molecular formula is C25H27FN4O4. The lowest BCUT2D eigenvalue weighted by Crippen LogP contribution is -2.51. The van der Waals surface area contributed by atoms with Gasteiger partial charge in [0.1, 0.15) is 11.4 Å². The molecule has 1 fully saturated rings. The highest BCUT2D eigenvalue weighted by atomic mass is 19.1. The average Bonchev–Trinajstić information content (AvgIpc) is 2.81. The Kier molecular flexibility index (Phi) is 6.37. The van der Waals surface area contributed by atoms with Crippen LogP contribution in [0.4, 0.5) is 9.18 Å². The van der Waals surface area contributed by atoms with Gasteiger partial charge >= 0.3 is 6.09 Å². The standard InChI is InChI=1S/C25H27FN4O4/c1-25(2,3)34-24(33)29-12-10-28(11-13-29)23(32)19-14-17(8-9-20(19)26)16-30-21-7-5-4-6-18(21)22(31)15-27-30/h4-9,14-15H,10-13,16H2,1-3H3. The predicted octanol–water partition coefficient (Wildman–Crippen LogP) is 3.28. The average molecular weight is 467 g/mol. The topological polar surface area (TPSA) is 84.7 Å². The zero-order chi connectivity index (χ0) is 24.5. The number of para-hydroxylation sites is 1. The van der Waals surface area contributed by atoms with Crippen LogP contribution < -0.4 is 5.43 Å². The van der Waals surface area contributed by atoms with Crippen LogP contribution in [0.5, 0.6) is 0 Å². The summed E-state index contributed by atoms with van der Waals surface area (Å²) < 4.78 is 21.6. The van der Waals surface area contributed by atoms with Crippen molar-refractivity contribution >= 4 is 22.9 Å². The lowest BCUT2D eigenvalue weighted by atomic mass is 10.1. The molecule has 0 atom stereocenters. The number of aromatic nitrogens is 2. The van der Waals surface area contributed by atoms with Crippen molar-refractivity contribution in [1.82, 2.24) is 19.6 Å². The predicted molar refractivity (Wildman–Crippen MR) is 125 cm³/mol. The third kappa shape index (κ3) is 5.08. The Morgan fingerprint density at radius 2 is 1.71 bits per heavy atom. The van der Waals surface area contributed by atoms with E-state index >= 15 is 0 Å². The monoisotopic (exact) mass is 466 g/mol. The summed E-state index contributed by atoms with van der Waals surface area (Å²) >= 11 is 0. The second kappa shape index (κ2) is 9.24. The van der Waals surface area contributed by atoms with Gasteiger partial charge in [0.2, 0.25) is 5.43 Å². The van der Waals surface area contributed by atoms with Crippen molar-refractivity contribution in [2.75, 3.05) is 26.2 Å². The lowest BCUT2D eigenvalue weighted by Gasteiger charge is -2.35. The Balaban J connectivity index is 1.49. The normalized spacial score (nSPS) is 14.4. The molecule has 3 aromatic rings. The molecule has 1 aromatic heterocycles. The first-order valence-corrected chi connectivity index (χ1v) is 11.1. The second-order valence-corrected chi connectivity index (χ2v) is 9.26. The number of rotatable bonds is 3. The summed E-state index contributed by atoms with van der Waals surface area (Å²) in [5.41, 5.74) is 0.532. The first-order valence-electron chi connectivity index (χ1n) is 11.1. The number of halogens is 1. The highest BCUT2D eigenvalue weighted by molar-refractivity contribution is 5.95. The summed E-state index contributed by atoms with van der Waals surface area (Å²) in [6.45, 7) is 6.87. The van der Waals surface area contributed by atoms with Crippen LogP contribution in [0.25, 0.3) is 10.9 Å². The van der Waals surface area contributed by atoms with Crippen molar-refractivity contribution < 1.29 is 18.7 Å². The van der Waals surface area contributed by atoms with Gasteiger partial charge in [0.15, 0.2) is 0 Å². The Bertz CT molecular complexity index is 1290. The minimum atomic E-state index is -0.610. The lowest BCUT2D eigenvalue weighted by molar-refractivity contribution is 0.0140. The van der Waals surface area contributed by atoms with E-state index in [0.717, 1.165) is 0 Å². The fourth-order valence-electron chi connectivity index (χ4n) is 3.88. The zero-order valence-electron chi connectivity index (χ0n) is 19.5. The second-order valence-electron chi connectivity index (χ2n) is 9.26. The number of carbonyl (C=O) groups excluding carboxylic acids is 2. The number of nitrogens with zero attached hydrogens (tertiary/aromatic N) is 4. The summed E-state index contributed by atoms with van der Waals surface area (Å²) in [6.07, 6.45) is 0.829. The summed E-state index contributed by atoms with van der Waals surface area (Å²) in [6, 6.07) is 11.5. The Morgan fingerprint density at radius 3 is 2.41 bits per heavy atom. The van der Waals surface area contributed by atoms with E-state index in [4.69, 9.17) is 4.74 Å². The van der Waals surface area contributed by atoms with E-state index in [9.17, 15) is 18.8 Å². The van der Waals surface area contributed by atoms with E-state index in [0.29, 0.717) is 29.6 Å². The summed E-state index contributed by atoms with van der Waals surface area (Å²) in [7, 11) is 0. The highest BCUT2D eigenvalue weighted by Gasteiger charge is 2.29. The van der Waals surface area contributed by atoms with Gasteiger partial charge in [0, 0.05) is 31.6 Å². The van der Waals surface area contributed by atoms with Gasteiger partial charge in [0.25, 0.3) is 5.91 Å². The van der Waals surface area contributed by atoms with Gasteiger partial charge in [-0.3, -0.25) is 14.3 Å². The molecule has 9 heteroatoms. The molecule has 178 valence electrons. The van der Waals surface area contributed by atoms with Gasteiger partial charge in [-0.2, -0.15) is 5.10 Å². The van der Waals surface area contributed by atoms with Crippen LogP contribution in [0.1, 0.15) is 36.7 Å². The van der Waals surface area contributed by atoms with Crippen LogP contribution in [0.3, 0.4) is 0 Å². The first kappa shape index (κ1) is 23.4. The Labute approximate surface area is 196 Å². The van der Waals surface area contributed by atoms with Gasteiger partial charge in [0.05, 0.1) is 23.8 Å². The molecule has 0 radical (unpaired) electrons. The molecule has 1 aliphatic heterocycles. The SMILES string of the molecule is CC(C)(C)OC(=O)N1CCN(C(=O)c2cc(Cn3ncc(=O)c4ccccc43)ccc2F)CC1. The number of benzene rings is 2. The quantitative estimate of drug-likeness (QED) is 0.592. The fraction of sp³-hybridized carbons (Fsp3) is 0.360.